The molecule has 228 valence electrons. The molecule has 4 aromatic rings. The third-order valence-electron chi connectivity index (χ3n) is 7.40. The molecule has 0 atom stereocenters. The Bertz CT molecular complexity index is 1750. The number of piperidine rings is 1. The third-order valence-corrected chi connectivity index (χ3v) is 7.78. The van der Waals surface area contributed by atoms with Gasteiger partial charge in [-0.05, 0) is 68.4 Å². The smallest absolute Gasteiger partial charge is 0.310 e. The average molecular weight is 623 g/mol. The second kappa shape index (κ2) is 13.4. The number of nitrogens with zero attached hydrogens (tertiary/aromatic N) is 3. The summed E-state index contributed by atoms with van der Waals surface area (Å²) in [5.41, 5.74) is 5.67. The monoisotopic (exact) mass is 622 g/mol. The van der Waals surface area contributed by atoms with Gasteiger partial charge in [-0.15, -0.1) is 0 Å². The fourth-order valence-corrected chi connectivity index (χ4v) is 5.05. The zero-order valence-electron chi connectivity index (χ0n) is 23.8. The average Bonchev–Trinajstić information content (AvgIpc) is 3.00. The number of pyridine rings is 2. The minimum absolute atomic E-state index is 0.0249. The number of carbonyl (C=O) groups excluding carboxylic acids is 2. The van der Waals surface area contributed by atoms with Crippen molar-refractivity contribution >= 4 is 29.2 Å². The molecule has 0 amide bonds. The molecular weight excluding hydrogens is 594 g/mol. The van der Waals surface area contributed by atoms with Crippen molar-refractivity contribution in [2.75, 3.05) is 25.9 Å². The summed E-state index contributed by atoms with van der Waals surface area (Å²) in [5, 5.41) is 0.0282. The van der Waals surface area contributed by atoms with Crippen LogP contribution in [0.3, 0.4) is 0 Å². The third kappa shape index (κ3) is 7.12. The molecule has 0 saturated carbocycles. The summed E-state index contributed by atoms with van der Waals surface area (Å²) in [6.07, 6.45) is 5.17. The van der Waals surface area contributed by atoms with E-state index in [1.807, 2.05) is 7.05 Å². The molecule has 3 heterocycles. The van der Waals surface area contributed by atoms with Gasteiger partial charge < -0.3 is 24.7 Å². The van der Waals surface area contributed by atoms with E-state index in [4.69, 9.17) is 26.8 Å². The molecule has 2 aromatic heterocycles. The molecule has 44 heavy (non-hydrogen) atoms. The molecule has 2 aromatic carbocycles. The first-order valence-electron chi connectivity index (χ1n) is 13.8. The standard InChI is InChI=1S/C32H29ClF2N4O5/c1-38-12-9-21(10-13-38)32(42)43-18-39-16-23(20-3-5-22(34)6-4-20)30(41)24(17-39)26(40)15-19-2-7-27(25(35)14-19)44-28-8-11-37-31(36)29(28)33/h2-8,11,14,16-17,21H,9-10,12-13,15,18H2,1H3,(H2,36,37). The number of likely N-dealkylation sites (tertiary alicyclic amines) is 1. The van der Waals surface area contributed by atoms with E-state index in [1.54, 1.807) is 0 Å². The van der Waals surface area contributed by atoms with Crippen molar-refractivity contribution in [3.8, 4) is 22.6 Å². The lowest BCUT2D eigenvalue weighted by atomic mass is 9.97. The van der Waals surface area contributed by atoms with Gasteiger partial charge in [0.2, 0.25) is 0 Å². The molecule has 1 fully saturated rings. The number of carbonyl (C=O) groups is 2. The van der Waals surface area contributed by atoms with Crippen LogP contribution in [0.5, 0.6) is 11.5 Å². The summed E-state index contributed by atoms with van der Waals surface area (Å²) in [6.45, 7) is 1.33. The number of hydrogen-bond acceptors (Lipinski definition) is 8. The van der Waals surface area contributed by atoms with Crippen LogP contribution in [0.25, 0.3) is 11.1 Å². The van der Waals surface area contributed by atoms with Gasteiger partial charge in [0.05, 0.1) is 11.5 Å². The number of nitrogens with two attached hydrogens (primary N) is 1. The predicted octanol–water partition coefficient (Wildman–Crippen LogP) is 5.48. The van der Waals surface area contributed by atoms with Crippen LogP contribution < -0.4 is 15.9 Å². The summed E-state index contributed by atoms with van der Waals surface area (Å²) < 4.78 is 41.1. The molecule has 5 rings (SSSR count). The van der Waals surface area contributed by atoms with Crippen molar-refractivity contribution < 1.29 is 27.8 Å². The number of esters is 1. The van der Waals surface area contributed by atoms with Gasteiger partial charge in [0, 0.05) is 36.6 Å². The van der Waals surface area contributed by atoms with Crippen LogP contribution in [0, 0.1) is 17.6 Å². The number of rotatable bonds is 9. The van der Waals surface area contributed by atoms with Crippen molar-refractivity contribution in [2.24, 2.45) is 5.92 Å². The summed E-state index contributed by atoms with van der Waals surface area (Å²) in [7, 11) is 1.99. The first-order chi connectivity index (χ1) is 21.1. The highest BCUT2D eigenvalue weighted by Crippen LogP contribution is 2.33. The maximum Gasteiger partial charge on any atom is 0.310 e. The van der Waals surface area contributed by atoms with Crippen LogP contribution >= 0.6 is 11.6 Å². The molecular formula is C32H29ClF2N4O5. The highest BCUT2D eigenvalue weighted by molar-refractivity contribution is 6.34. The number of ether oxygens (including phenoxy) is 2. The Kier molecular flexibility index (Phi) is 9.36. The number of hydrogen-bond donors (Lipinski definition) is 1. The van der Waals surface area contributed by atoms with E-state index >= 15 is 0 Å². The van der Waals surface area contributed by atoms with E-state index in [1.165, 1.54) is 65.6 Å². The lowest BCUT2D eigenvalue weighted by molar-refractivity contribution is -0.154. The molecule has 9 nitrogen and oxygen atoms in total. The minimum Gasteiger partial charge on any atom is -0.453 e. The van der Waals surface area contributed by atoms with Crippen LogP contribution in [0.2, 0.25) is 5.02 Å². The molecule has 0 aliphatic carbocycles. The van der Waals surface area contributed by atoms with Gasteiger partial charge in [0.15, 0.2) is 35.3 Å². The molecule has 0 bridgehead atoms. The lowest BCUT2D eigenvalue weighted by Crippen LogP contribution is -2.34. The van der Waals surface area contributed by atoms with Crippen molar-refractivity contribution in [2.45, 2.75) is 26.0 Å². The summed E-state index contributed by atoms with van der Waals surface area (Å²) in [4.78, 5) is 45.6. The van der Waals surface area contributed by atoms with E-state index in [0.717, 1.165) is 19.2 Å². The van der Waals surface area contributed by atoms with Crippen molar-refractivity contribution in [3.05, 3.63) is 105 Å². The van der Waals surface area contributed by atoms with E-state index in [0.29, 0.717) is 18.4 Å². The van der Waals surface area contributed by atoms with Crippen LogP contribution in [-0.2, 0) is 22.7 Å². The normalized spacial score (nSPS) is 13.9. The van der Waals surface area contributed by atoms with Gasteiger partial charge in [-0.1, -0.05) is 29.8 Å². The lowest BCUT2D eigenvalue weighted by Gasteiger charge is -2.27. The first-order valence-corrected chi connectivity index (χ1v) is 14.2. The summed E-state index contributed by atoms with van der Waals surface area (Å²) >= 11 is 6.08. The van der Waals surface area contributed by atoms with Crippen LogP contribution in [0.4, 0.5) is 14.6 Å². The predicted molar refractivity (Wildman–Crippen MR) is 161 cm³/mol. The molecule has 0 spiro atoms. The van der Waals surface area contributed by atoms with E-state index in [-0.39, 0.29) is 64.1 Å². The largest absolute Gasteiger partial charge is 0.453 e. The molecule has 0 unspecified atom stereocenters. The van der Waals surface area contributed by atoms with Gasteiger partial charge in [-0.25, -0.2) is 13.8 Å². The Balaban J connectivity index is 1.38. The second-order valence-corrected chi connectivity index (χ2v) is 11.0. The first kappa shape index (κ1) is 30.8. The Morgan fingerprint density at radius 1 is 1.05 bits per heavy atom. The highest BCUT2D eigenvalue weighted by Gasteiger charge is 2.25. The molecule has 1 aliphatic heterocycles. The van der Waals surface area contributed by atoms with E-state index < -0.39 is 22.8 Å². The Morgan fingerprint density at radius 2 is 1.77 bits per heavy atom. The molecule has 12 heteroatoms. The minimum atomic E-state index is -0.764. The SMILES string of the molecule is CN1CCC(C(=O)OCn2cc(C(=O)Cc3ccc(Oc4ccnc(N)c4Cl)c(F)c3)c(=O)c(-c3ccc(F)cc3)c2)CC1. The number of aromatic nitrogens is 2. The molecule has 0 radical (unpaired) electrons. The zero-order valence-corrected chi connectivity index (χ0v) is 24.5. The van der Waals surface area contributed by atoms with Crippen molar-refractivity contribution in [1.82, 2.24) is 14.5 Å². The van der Waals surface area contributed by atoms with Gasteiger partial charge >= 0.3 is 5.97 Å². The number of Topliss-reactive ketones (excluding diaryl/α,β-unsaturated/α-hetero) is 1. The van der Waals surface area contributed by atoms with Crippen molar-refractivity contribution in [1.29, 1.82) is 0 Å². The zero-order chi connectivity index (χ0) is 31.4. The number of benzene rings is 2. The van der Waals surface area contributed by atoms with Crippen LogP contribution in [-0.4, -0.2) is 46.3 Å². The number of nitrogen functional groups attached to an aromatic ring is 1. The van der Waals surface area contributed by atoms with Crippen LogP contribution in [0.15, 0.2) is 71.9 Å². The second-order valence-electron chi connectivity index (χ2n) is 10.6. The number of anilines is 1. The maximum absolute atomic E-state index is 15.0. The van der Waals surface area contributed by atoms with Crippen LogP contribution in [0.1, 0.15) is 28.8 Å². The van der Waals surface area contributed by atoms with E-state index in [9.17, 15) is 23.2 Å². The quantitative estimate of drug-likeness (QED) is 0.193. The number of halogens is 3. The topological polar surface area (TPSA) is 117 Å². The van der Waals surface area contributed by atoms with E-state index in [2.05, 4.69) is 9.88 Å². The Morgan fingerprint density at radius 3 is 2.48 bits per heavy atom. The van der Waals surface area contributed by atoms with Gasteiger partial charge in [-0.3, -0.25) is 14.4 Å². The van der Waals surface area contributed by atoms with Crippen molar-refractivity contribution in [3.63, 3.8) is 0 Å². The Labute approximate surface area is 256 Å². The maximum atomic E-state index is 15.0. The van der Waals surface area contributed by atoms with Gasteiger partial charge in [0.1, 0.15) is 16.7 Å². The fourth-order valence-electron chi connectivity index (χ4n) is 4.90. The fraction of sp³-hybridized carbons (Fsp3) is 0.250. The van der Waals surface area contributed by atoms with Gasteiger partial charge in [-0.2, -0.15) is 0 Å². The summed E-state index contributed by atoms with van der Waals surface area (Å²) in [6, 6.07) is 10.6. The highest BCUT2D eigenvalue weighted by atomic mass is 35.5. The summed E-state index contributed by atoms with van der Waals surface area (Å²) in [5.74, 6) is -2.46. The number of ketones is 1. The molecule has 1 aliphatic rings. The molecule has 2 N–H and O–H groups in total. The van der Waals surface area contributed by atoms with Gasteiger partial charge in [0.25, 0.3) is 0 Å². The Hall–Kier alpha value is -4.61. The molecule has 1 saturated heterocycles.